The maximum Gasteiger partial charge on any atom is 0.0660 e. The fourth-order valence-electron chi connectivity index (χ4n) is 2.25. The number of nitrogens with two attached hydrogens (primary N) is 1. The number of anilines is 2. The lowest BCUT2D eigenvalue weighted by atomic mass is 10.1. The number of hydrogen-bond donors (Lipinski definition) is 2. The van der Waals surface area contributed by atoms with Gasteiger partial charge >= 0.3 is 0 Å². The van der Waals surface area contributed by atoms with Gasteiger partial charge in [0.15, 0.2) is 0 Å². The Hall–Kier alpha value is -2.75. The average Bonchev–Trinajstić information content (AvgIpc) is 3.00. The number of aromatic nitrogens is 2. The maximum absolute atomic E-state index is 5.95. The third-order valence-electron chi connectivity index (χ3n) is 3.37. The Labute approximate surface area is 124 Å². The number of nitrogen functional groups attached to an aromatic ring is 1. The molecule has 0 atom stereocenters. The highest BCUT2D eigenvalue weighted by Gasteiger charge is 2.00. The minimum absolute atomic E-state index is 0.720. The molecule has 4 heteroatoms. The van der Waals surface area contributed by atoms with Crippen LogP contribution in [-0.2, 0) is 13.1 Å². The van der Waals surface area contributed by atoms with Crippen LogP contribution in [0.15, 0.2) is 67.0 Å². The largest absolute Gasteiger partial charge is 0.398 e. The number of nitrogens with one attached hydrogen (secondary N) is 1. The second-order valence-corrected chi connectivity index (χ2v) is 4.96. The van der Waals surface area contributed by atoms with Crippen LogP contribution in [0.1, 0.15) is 11.1 Å². The Kier molecular flexibility index (Phi) is 3.87. The van der Waals surface area contributed by atoms with Crippen LogP contribution in [0.25, 0.3) is 0 Å². The fourth-order valence-corrected chi connectivity index (χ4v) is 2.25. The number of hydrogen-bond acceptors (Lipinski definition) is 3. The molecule has 1 heterocycles. The van der Waals surface area contributed by atoms with Crippen molar-refractivity contribution in [2.75, 3.05) is 11.1 Å². The van der Waals surface area contributed by atoms with Crippen molar-refractivity contribution in [3.8, 4) is 0 Å². The SMILES string of the molecule is Nc1ccccc1CNc1cccc(Cn2cccn2)c1. The van der Waals surface area contributed by atoms with Crippen LogP contribution in [0.3, 0.4) is 0 Å². The highest BCUT2D eigenvalue weighted by atomic mass is 15.3. The van der Waals surface area contributed by atoms with E-state index in [0.717, 1.165) is 30.0 Å². The minimum atomic E-state index is 0.720. The van der Waals surface area contributed by atoms with Gasteiger partial charge in [0, 0.05) is 30.3 Å². The molecule has 0 aliphatic carbocycles. The van der Waals surface area contributed by atoms with Gasteiger partial charge in [0.1, 0.15) is 0 Å². The molecule has 0 amide bonds. The van der Waals surface area contributed by atoms with Crippen LogP contribution in [0.4, 0.5) is 11.4 Å². The van der Waals surface area contributed by atoms with E-state index in [4.69, 9.17) is 5.73 Å². The first-order valence-electron chi connectivity index (χ1n) is 6.95. The van der Waals surface area contributed by atoms with E-state index in [1.807, 2.05) is 41.2 Å². The van der Waals surface area contributed by atoms with Gasteiger partial charge in [0.2, 0.25) is 0 Å². The van der Waals surface area contributed by atoms with E-state index in [9.17, 15) is 0 Å². The second-order valence-electron chi connectivity index (χ2n) is 4.96. The zero-order valence-electron chi connectivity index (χ0n) is 11.7. The molecule has 0 saturated heterocycles. The topological polar surface area (TPSA) is 55.9 Å². The zero-order valence-corrected chi connectivity index (χ0v) is 11.7. The van der Waals surface area contributed by atoms with Gasteiger partial charge in [-0.05, 0) is 35.4 Å². The summed E-state index contributed by atoms with van der Waals surface area (Å²) in [5.41, 5.74) is 10.2. The summed E-state index contributed by atoms with van der Waals surface area (Å²) in [7, 11) is 0. The lowest BCUT2D eigenvalue weighted by molar-refractivity contribution is 0.687. The van der Waals surface area contributed by atoms with E-state index >= 15 is 0 Å². The van der Waals surface area contributed by atoms with E-state index in [0.29, 0.717) is 0 Å². The first-order chi connectivity index (χ1) is 10.3. The molecule has 4 nitrogen and oxygen atoms in total. The van der Waals surface area contributed by atoms with E-state index in [1.54, 1.807) is 6.20 Å². The summed E-state index contributed by atoms with van der Waals surface area (Å²) in [5.74, 6) is 0. The van der Waals surface area contributed by atoms with E-state index in [1.165, 1.54) is 5.56 Å². The van der Waals surface area contributed by atoms with Crippen molar-refractivity contribution in [3.63, 3.8) is 0 Å². The summed E-state index contributed by atoms with van der Waals surface area (Å²) in [6, 6.07) is 18.2. The van der Waals surface area contributed by atoms with E-state index < -0.39 is 0 Å². The van der Waals surface area contributed by atoms with Crippen LogP contribution in [0.5, 0.6) is 0 Å². The maximum atomic E-state index is 5.95. The molecule has 1 aromatic heterocycles. The molecule has 0 spiro atoms. The average molecular weight is 278 g/mol. The van der Waals surface area contributed by atoms with Crippen molar-refractivity contribution >= 4 is 11.4 Å². The monoisotopic (exact) mass is 278 g/mol. The van der Waals surface area contributed by atoms with Crippen molar-refractivity contribution in [1.82, 2.24) is 9.78 Å². The van der Waals surface area contributed by atoms with Crippen LogP contribution in [0.2, 0.25) is 0 Å². The standard InChI is InChI=1S/C17H18N4/c18-17-8-2-1-6-15(17)12-19-16-7-3-5-14(11-16)13-21-10-4-9-20-21/h1-11,19H,12-13,18H2. The summed E-state index contributed by atoms with van der Waals surface area (Å²) >= 11 is 0. The predicted molar refractivity (Wildman–Crippen MR) is 86.0 cm³/mol. The first kappa shape index (κ1) is 13.2. The molecule has 0 bridgehead atoms. The minimum Gasteiger partial charge on any atom is -0.398 e. The molecular weight excluding hydrogens is 260 g/mol. The zero-order chi connectivity index (χ0) is 14.5. The molecule has 3 rings (SSSR count). The van der Waals surface area contributed by atoms with Gasteiger partial charge in [-0.25, -0.2) is 0 Å². The molecule has 2 aromatic carbocycles. The normalized spacial score (nSPS) is 10.5. The molecule has 0 fully saturated rings. The molecule has 106 valence electrons. The van der Waals surface area contributed by atoms with Crippen LogP contribution < -0.4 is 11.1 Å². The lowest BCUT2D eigenvalue weighted by Gasteiger charge is -2.10. The summed E-state index contributed by atoms with van der Waals surface area (Å²) in [6.07, 6.45) is 3.76. The van der Waals surface area contributed by atoms with Gasteiger partial charge in [-0.3, -0.25) is 4.68 Å². The molecular formula is C17H18N4. The predicted octanol–water partition coefficient (Wildman–Crippen LogP) is 3.13. The van der Waals surface area contributed by atoms with Gasteiger partial charge in [-0.1, -0.05) is 30.3 Å². The van der Waals surface area contributed by atoms with Crippen molar-refractivity contribution in [1.29, 1.82) is 0 Å². The summed E-state index contributed by atoms with van der Waals surface area (Å²) in [4.78, 5) is 0. The van der Waals surface area contributed by atoms with Crippen LogP contribution >= 0.6 is 0 Å². The smallest absolute Gasteiger partial charge is 0.0660 e. The Morgan fingerprint density at radius 2 is 1.95 bits per heavy atom. The van der Waals surface area contributed by atoms with E-state index in [-0.39, 0.29) is 0 Å². The quantitative estimate of drug-likeness (QED) is 0.705. The molecule has 3 N–H and O–H groups in total. The summed E-state index contributed by atoms with van der Waals surface area (Å²) in [5, 5.41) is 7.64. The van der Waals surface area contributed by atoms with Gasteiger partial charge < -0.3 is 11.1 Å². The highest BCUT2D eigenvalue weighted by Crippen LogP contribution is 2.16. The van der Waals surface area contributed by atoms with Gasteiger partial charge in [-0.15, -0.1) is 0 Å². The Morgan fingerprint density at radius 1 is 1.05 bits per heavy atom. The summed E-state index contributed by atoms with van der Waals surface area (Å²) < 4.78 is 1.91. The number of benzene rings is 2. The van der Waals surface area contributed by atoms with Crippen molar-refractivity contribution in [2.45, 2.75) is 13.1 Å². The molecule has 3 aromatic rings. The lowest BCUT2D eigenvalue weighted by Crippen LogP contribution is -2.04. The fraction of sp³-hybridized carbons (Fsp3) is 0.118. The molecule has 0 unspecified atom stereocenters. The molecule has 0 aliphatic rings. The van der Waals surface area contributed by atoms with Crippen molar-refractivity contribution in [2.24, 2.45) is 0 Å². The number of para-hydroxylation sites is 1. The third kappa shape index (κ3) is 3.42. The Bertz CT molecular complexity index is 704. The van der Waals surface area contributed by atoms with E-state index in [2.05, 4.69) is 34.7 Å². The first-order valence-corrected chi connectivity index (χ1v) is 6.95. The van der Waals surface area contributed by atoms with Gasteiger partial charge in [-0.2, -0.15) is 5.10 Å². The number of nitrogens with zero attached hydrogens (tertiary/aromatic N) is 2. The third-order valence-corrected chi connectivity index (χ3v) is 3.37. The Morgan fingerprint density at radius 3 is 2.76 bits per heavy atom. The van der Waals surface area contributed by atoms with Crippen molar-refractivity contribution < 1.29 is 0 Å². The van der Waals surface area contributed by atoms with Gasteiger partial charge in [0.05, 0.1) is 6.54 Å². The number of rotatable bonds is 5. The van der Waals surface area contributed by atoms with Crippen LogP contribution in [-0.4, -0.2) is 9.78 Å². The molecule has 0 radical (unpaired) electrons. The highest BCUT2D eigenvalue weighted by molar-refractivity contribution is 5.51. The van der Waals surface area contributed by atoms with Crippen LogP contribution in [0, 0.1) is 0 Å². The Balaban J connectivity index is 1.67. The molecule has 0 aliphatic heterocycles. The molecule has 0 saturated carbocycles. The summed E-state index contributed by atoms with van der Waals surface area (Å²) in [6.45, 7) is 1.49. The second kappa shape index (κ2) is 6.13. The van der Waals surface area contributed by atoms with Gasteiger partial charge in [0.25, 0.3) is 0 Å². The molecule has 21 heavy (non-hydrogen) atoms. The van der Waals surface area contributed by atoms with Crippen molar-refractivity contribution in [3.05, 3.63) is 78.1 Å².